The Kier molecular flexibility index (Phi) is 13.2. The molecule has 0 spiro atoms. The molecule has 1 N–H and O–H groups in total. The molecule has 1 heterocycles. The highest BCUT2D eigenvalue weighted by atomic mass is 16.6. The van der Waals surface area contributed by atoms with Gasteiger partial charge in [-0.2, -0.15) is 0 Å². The molecule has 9 nitrogen and oxygen atoms in total. The zero-order chi connectivity index (χ0) is 36.0. The van der Waals surface area contributed by atoms with Crippen LogP contribution in [0, 0.1) is 0 Å². The Morgan fingerprint density at radius 2 is 0.846 bits per heavy atom. The molecular formula is C43H43NO8. The lowest BCUT2D eigenvalue weighted by Gasteiger charge is -2.50. The number of carboxylic acid groups (broad SMARTS) is 1. The van der Waals surface area contributed by atoms with Crippen molar-refractivity contribution in [2.45, 2.75) is 63.4 Å². The Labute approximate surface area is 304 Å². The van der Waals surface area contributed by atoms with Crippen LogP contribution in [0.25, 0.3) is 0 Å². The molecule has 0 radical (unpaired) electrons. The molecule has 5 atom stereocenters. The molecule has 1 aliphatic heterocycles. The zero-order valence-corrected chi connectivity index (χ0v) is 28.8. The molecule has 5 aromatic rings. The van der Waals surface area contributed by atoms with Crippen molar-refractivity contribution in [1.29, 1.82) is 0 Å². The zero-order valence-electron chi connectivity index (χ0n) is 28.8. The van der Waals surface area contributed by atoms with Crippen molar-refractivity contribution in [3.63, 3.8) is 0 Å². The number of carbonyl (C=O) groups excluding carboxylic acids is 1. The summed E-state index contributed by atoms with van der Waals surface area (Å²) in [6, 6.07) is 45.2. The minimum absolute atomic E-state index is 0.0564. The van der Waals surface area contributed by atoms with Crippen molar-refractivity contribution in [2.24, 2.45) is 0 Å². The highest BCUT2D eigenvalue weighted by Crippen LogP contribution is 2.34. The van der Waals surface area contributed by atoms with Gasteiger partial charge < -0.3 is 28.8 Å². The average molecular weight is 702 g/mol. The fourth-order valence-corrected chi connectivity index (χ4v) is 6.34. The average Bonchev–Trinajstić information content (AvgIpc) is 3.19. The highest BCUT2D eigenvalue weighted by molar-refractivity contribution is 5.81. The van der Waals surface area contributed by atoms with Crippen LogP contribution in [0.15, 0.2) is 152 Å². The third-order valence-corrected chi connectivity index (χ3v) is 8.92. The number of nitrogens with zero attached hydrogens (tertiary/aromatic N) is 1. The topological polar surface area (TPSA) is 104 Å². The summed E-state index contributed by atoms with van der Waals surface area (Å²) in [7, 11) is 0. The Bertz CT molecular complexity index is 1790. The number of aliphatic carboxylic acids is 1. The largest absolute Gasteiger partial charge is 0.480 e. The van der Waals surface area contributed by atoms with Gasteiger partial charge in [0.25, 0.3) is 0 Å². The van der Waals surface area contributed by atoms with Gasteiger partial charge in [0.05, 0.1) is 39.1 Å². The van der Waals surface area contributed by atoms with E-state index in [0.717, 1.165) is 27.8 Å². The SMILES string of the molecule is O=C(O)[C@H]1[C@H](OCc2ccccc2)[C@@H](OCc2ccccc2)[C@H](OCc2ccccc2)[C@@H](COCc2ccccc2)N1C(=O)OCc1ccccc1. The van der Waals surface area contributed by atoms with Crippen molar-refractivity contribution < 1.29 is 38.4 Å². The molecule has 0 aromatic heterocycles. The van der Waals surface area contributed by atoms with E-state index in [1.165, 1.54) is 4.90 Å². The number of carbonyl (C=O) groups is 2. The molecule has 6 rings (SSSR count). The van der Waals surface area contributed by atoms with E-state index in [-0.39, 0.29) is 39.6 Å². The van der Waals surface area contributed by atoms with Crippen LogP contribution in [0.5, 0.6) is 0 Å². The first-order chi connectivity index (χ1) is 25.6. The third-order valence-electron chi connectivity index (χ3n) is 8.92. The van der Waals surface area contributed by atoms with Gasteiger partial charge >= 0.3 is 12.1 Å². The summed E-state index contributed by atoms with van der Waals surface area (Å²) < 4.78 is 32.0. The lowest BCUT2D eigenvalue weighted by atomic mass is 9.87. The molecular weight excluding hydrogens is 658 g/mol. The van der Waals surface area contributed by atoms with Crippen LogP contribution >= 0.6 is 0 Å². The molecule has 0 unspecified atom stereocenters. The third kappa shape index (κ3) is 9.92. The summed E-state index contributed by atoms with van der Waals surface area (Å²) in [4.78, 5) is 29.0. The second-order valence-corrected chi connectivity index (χ2v) is 12.6. The van der Waals surface area contributed by atoms with Crippen LogP contribution in [0.2, 0.25) is 0 Å². The molecule has 0 saturated carbocycles. The van der Waals surface area contributed by atoms with Crippen LogP contribution in [0.4, 0.5) is 4.79 Å². The molecule has 1 aliphatic rings. The van der Waals surface area contributed by atoms with Gasteiger partial charge in [0, 0.05) is 0 Å². The Balaban J connectivity index is 1.39. The predicted octanol–water partition coefficient (Wildman–Crippen LogP) is 7.43. The van der Waals surface area contributed by atoms with Crippen LogP contribution in [-0.4, -0.2) is 59.1 Å². The predicted molar refractivity (Wildman–Crippen MR) is 195 cm³/mol. The summed E-state index contributed by atoms with van der Waals surface area (Å²) in [6.07, 6.45) is -3.80. The first-order valence-corrected chi connectivity index (χ1v) is 17.4. The first kappa shape index (κ1) is 36.5. The van der Waals surface area contributed by atoms with E-state index in [2.05, 4.69) is 0 Å². The summed E-state index contributed by atoms with van der Waals surface area (Å²) >= 11 is 0. The smallest absolute Gasteiger partial charge is 0.411 e. The van der Waals surface area contributed by atoms with E-state index in [4.69, 9.17) is 23.7 Å². The molecule has 1 amide bonds. The Morgan fingerprint density at radius 1 is 0.481 bits per heavy atom. The monoisotopic (exact) mass is 701 g/mol. The summed E-state index contributed by atoms with van der Waals surface area (Å²) in [5.74, 6) is -1.27. The van der Waals surface area contributed by atoms with Crippen molar-refractivity contribution in [2.75, 3.05) is 6.61 Å². The lowest BCUT2D eigenvalue weighted by molar-refractivity contribution is -0.226. The fraction of sp³-hybridized carbons (Fsp3) is 0.256. The number of likely N-dealkylation sites (tertiary alicyclic amines) is 1. The second kappa shape index (κ2) is 18.8. The van der Waals surface area contributed by atoms with Gasteiger partial charge in [0.2, 0.25) is 0 Å². The summed E-state index contributed by atoms with van der Waals surface area (Å²) in [5, 5.41) is 11.0. The Hall–Kier alpha value is -5.32. The molecule has 52 heavy (non-hydrogen) atoms. The number of hydrogen-bond donors (Lipinski definition) is 1. The Morgan fingerprint density at radius 3 is 1.27 bits per heavy atom. The number of benzene rings is 5. The molecule has 1 saturated heterocycles. The van der Waals surface area contributed by atoms with E-state index in [9.17, 15) is 14.7 Å². The van der Waals surface area contributed by atoms with Crippen LogP contribution in [-0.2, 0) is 61.5 Å². The van der Waals surface area contributed by atoms with E-state index >= 15 is 0 Å². The molecule has 5 aromatic carbocycles. The standard InChI is InChI=1S/C43H43NO8/c45-42(46)38-40(50-28-34-20-10-3-11-21-34)41(51-29-35-22-12-4-13-23-35)39(49-27-33-18-8-2-9-19-33)37(31-48-26-32-16-6-1-7-17-32)44(38)43(47)52-30-36-24-14-5-15-25-36/h1-25,37-41H,26-31H2,(H,45,46)/t37-,38-,39-,40+,41+/m1/s1. The number of amides is 1. The van der Waals surface area contributed by atoms with Crippen molar-refractivity contribution in [1.82, 2.24) is 4.90 Å². The molecule has 1 fully saturated rings. The highest BCUT2D eigenvalue weighted by Gasteiger charge is 2.56. The maximum absolute atomic E-state index is 14.3. The van der Waals surface area contributed by atoms with E-state index in [0.29, 0.717) is 0 Å². The number of carboxylic acids is 1. The van der Waals surface area contributed by atoms with E-state index in [1.807, 2.05) is 152 Å². The van der Waals surface area contributed by atoms with E-state index < -0.39 is 42.5 Å². The van der Waals surface area contributed by atoms with Gasteiger partial charge in [0.15, 0.2) is 6.04 Å². The molecule has 268 valence electrons. The lowest BCUT2D eigenvalue weighted by Crippen LogP contribution is -2.72. The first-order valence-electron chi connectivity index (χ1n) is 17.4. The van der Waals surface area contributed by atoms with Crippen molar-refractivity contribution in [3.05, 3.63) is 179 Å². The van der Waals surface area contributed by atoms with Gasteiger partial charge in [-0.05, 0) is 27.8 Å². The number of ether oxygens (including phenoxy) is 5. The number of hydrogen-bond acceptors (Lipinski definition) is 7. The van der Waals surface area contributed by atoms with E-state index in [1.54, 1.807) is 0 Å². The second-order valence-electron chi connectivity index (χ2n) is 12.6. The van der Waals surface area contributed by atoms with Crippen molar-refractivity contribution >= 4 is 12.1 Å². The van der Waals surface area contributed by atoms with Crippen LogP contribution < -0.4 is 0 Å². The summed E-state index contributed by atoms with van der Waals surface area (Å²) in [5.41, 5.74) is 4.30. The molecule has 0 aliphatic carbocycles. The maximum Gasteiger partial charge on any atom is 0.411 e. The van der Waals surface area contributed by atoms with Crippen molar-refractivity contribution in [3.8, 4) is 0 Å². The van der Waals surface area contributed by atoms with Gasteiger partial charge in [-0.15, -0.1) is 0 Å². The maximum atomic E-state index is 14.3. The normalized spacial score (nSPS) is 19.9. The van der Waals surface area contributed by atoms with Gasteiger partial charge in [-0.3, -0.25) is 4.90 Å². The quantitative estimate of drug-likeness (QED) is 0.113. The number of piperidine rings is 1. The molecule has 0 bridgehead atoms. The fourth-order valence-electron chi connectivity index (χ4n) is 6.34. The number of rotatable bonds is 16. The minimum atomic E-state index is -1.50. The van der Waals surface area contributed by atoms with Gasteiger partial charge in [-0.25, -0.2) is 9.59 Å². The minimum Gasteiger partial charge on any atom is -0.480 e. The van der Waals surface area contributed by atoms with Gasteiger partial charge in [-0.1, -0.05) is 152 Å². The van der Waals surface area contributed by atoms with Crippen LogP contribution in [0.3, 0.4) is 0 Å². The molecule has 9 heteroatoms. The van der Waals surface area contributed by atoms with Crippen LogP contribution in [0.1, 0.15) is 27.8 Å². The summed E-state index contributed by atoms with van der Waals surface area (Å²) in [6.45, 7) is 0.519. The van der Waals surface area contributed by atoms with Gasteiger partial charge in [0.1, 0.15) is 24.9 Å².